The maximum Gasteiger partial charge on any atom is 0.303 e. The predicted octanol–water partition coefficient (Wildman–Crippen LogP) is 0.442. The van der Waals surface area contributed by atoms with Gasteiger partial charge in [0.05, 0.1) is 6.17 Å². The first-order chi connectivity index (χ1) is 6.56. The molecule has 0 rings (SSSR count). The van der Waals surface area contributed by atoms with Crippen molar-refractivity contribution < 1.29 is 14.7 Å². The van der Waals surface area contributed by atoms with Crippen molar-refractivity contribution in [3.63, 3.8) is 0 Å². The topological polar surface area (TPSA) is 92.4 Å². The van der Waals surface area contributed by atoms with Gasteiger partial charge in [0.25, 0.3) is 0 Å². The van der Waals surface area contributed by atoms with E-state index < -0.39 is 12.1 Å². The summed E-state index contributed by atoms with van der Waals surface area (Å²) in [6.45, 7) is 2.00. The maximum absolute atomic E-state index is 11.1. The van der Waals surface area contributed by atoms with Crippen LogP contribution in [0.25, 0.3) is 0 Å². The molecule has 1 unspecified atom stereocenters. The summed E-state index contributed by atoms with van der Waals surface area (Å²) < 4.78 is 0. The summed E-state index contributed by atoms with van der Waals surface area (Å²) in [7, 11) is 0. The zero-order valence-corrected chi connectivity index (χ0v) is 8.45. The van der Waals surface area contributed by atoms with Gasteiger partial charge in [0, 0.05) is 12.8 Å². The van der Waals surface area contributed by atoms with Gasteiger partial charge in [-0.15, -0.1) is 0 Å². The van der Waals surface area contributed by atoms with Gasteiger partial charge in [0.1, 0.15) is 0 Å². The van der Waals surface area contributed by atoms with Gasteiger partial charge in [-0.2, -0.15) is 0 Å². The van der Waals surface area contributed by atoms with E-state index in [-0.39, 0.29) is 18.7 Å². The number of nitrogens with one attached hydrogen (secondary N) is 1. The van der Waals surface area contributed by atoms with Crippen molar-refractivity contribution in [1.82, 2.24) is 5.32 Å². The molecule has 0 radical (unpaired) electrons. The van der Waals surface area contributed by atoms with Crippen molar-refractivity contribution >= 4 is 11.9 Å². The van der Waals surface area contributed by atoms with Gasteiger partial charge in [0.2, 0.25) is 5.91 Å². The van der Waals surface area contributed by atoms with Crippen LogP contribution in [0, 0.1) is 0 Å². The van der Waals surface area contributed by atoms with E-state index in [0.717, 1.165) is 12.8 Å². The van der Waals surface area contributed by atoms with E-state index in [9.17, 15) is 9.59 Å². The van der Waals surface area contributed by atoms with Gasteiger partial charge in [-0.1, -0.05) is 13.3 Å². The Bertz CT molecular complexity index is 194. The van der Waals surface area contributed by atoms with E-state index in [1.165, 1.54) is 0 Å². The largest absolute Gasteiger partial charge is 0.481 e. The third-order valence-corrected chi connectivity index (χ3v) is 1.77. The van der Waals surface area contributed by atoms with Crippen LogP contribution in [0.2, 0.25) is 0 Å². The minimum Gasteiger partial charge on any atom is -0.481 e. The number of carbonyl (C=O) groups excluding carboxylic acids is 1. The molecule has 0 saturated heterocycles. The highest BCUT2D eigenvalue weighted by Crippen LogP contribution is 1.96. The number of carbonyl (C=O) groups is 2. The molecule has 0 saturated carbocycles. The Morgan fingerprint density at radius 3 is 2.57 bits per heavy atom. The highest BCUT2D eigenvalue weighted by Gasteiger charge is 2.08. The van der Waals surface area contributed by atoms with Crippen molar-refractivity contribution in [3.05, 3.63) is 0 Å². The minimum atomic E-state index is -0.900. The molecule has 1 amide bonds. The highest BCUT2D eigenvalue weighted by atomic mass is 16.4. The molecule has 0 aromatic heterocycles. The second kappa shape index (κ2) is 7.32. The van der Waals surface area contributed by atoms with Crippen molar-refractivity contribution in [2.45, 2.75) is 45.2 Å². The zero-order valence-electron chi connectivity index (χ0n) is 8.45. The number of amides is 1. The van der Waals surface area contributed by atoms with Crippen LogP contribution in [-0.2, 0) is 9.59 Å². The Balaban J connectivity index is 3.55. The van der Waals surface area contributed by atoms with Crippen LogP contribution in [0.15, 0.2) is 0 Å². The summed E-state index contributed by atoms with van der Waals surface area (Å²) in [5, 5.41) is 10.9. The van der Waals surface area contributed by atoms with Crippen LogP contribution in [0.5, 0.6) is 0 Å². The number of unbranched alkanes of at least 4 members (excludes halogenated alkanes) is 1. The Morgan fingerprint density at radius 2 is 2.07 bits per heavy atom. The van der Waals surface area contributed by atoms with Crippen molar-refractivity contribution in [3.8, 4) is 0 Å². The number of carboxylic acids is 1. The summed E-state index contributed by atoms with van der Waals surface area (Å²) in [5.74, 6) is -1.01. The maximum atomic E-state index is 11.1. The molecule has 0 aliphatic rings. The van der Waals surface area contributed by atoms with Crippen molar-refractivity contribution in [2.24, 2.45) is 5.73 Å². The summed E-state index contributed by atoms with van der Waals surface area (Å²) in [6, 6.07) is 0. The second-order valence-corrected chi connectivity index (χ2v) is 3.21. The Morgan fingerprint density at radius 1 is 1.43 bits per heavy atom. The lowest BCUT2D eigenvalue weighted by Crippen LogP contribution is -2.41. The highest BCUT2D eigenvalue weighted by molar-refractivity contribution is 5.76. The number of aliphatic carboxylic acids is 1. The van der Waals surface area contributed by atoms with E-state index >= 15 is 0 Å². The van der Waals surface area contributed by atoms with E-state index in [1.807, 2.05) is 6.92 Å². The Hall–Kier alpha value is -1.10. The minimum absolute atomic E-state index is 0.0186. The van der Waals surface area contributed by atoms with Crippen LogP contribution in [0.3, 0.4) is 0 Å². The monoisotopic (exact) mass is 202 g/mol. The van der Waals surface area contributed by atoms with Gasteiger partial charge in [-0.05, 0) is 12.8 Å². The molecular weight excluding hydrogens is 184 g/mol. The van der Waals surface area contributed by atoms with Gasteiger partial charge in [-0.25, -0.2) is 0 Å². The number of hydrogen-bond donors (Lipinski definition) is 3. The van der Waals surface area contributed by atoms with Crippen LogP contribution >= 0.6 is 0 Å². The molecule has 5 nitrogen and oxygen atoms in total. The smallest absolute Gasteiger partial charge is 0.303 e. The van der Waals surface area contributed by atoms with Gasteiger partial charge < -0.3 is 16.2 Å². The molecule has 0 aromatic carbocycles. The average Bonchev–Trinajstić information content (AvgIpc) is 2.11. The molecule has 0 fully saturated rings. The third-order valence-electron chi connectivity index (χ3n) is 1.77. The molecule has 0 aliphatic heterocycles. The average molecular weight is 202 g/mol. The number of nitrogens with two attached hydrogens (primary N) is 1. The summed E-state index contributed by atoms with van der Waals surface area (Å²) in [5.41, 5.74) is 5.50. The van der Waals surface area contributed by atoms with E-state index in [2.05, 4.69) is 5.32 Å². The Kier molecular flexibility index (Phi) is 6.74. The zero-order chi connectivity index (χ0) is 11.0. The first-order valence-corrected chi connectivity index (χ1v) is 4.83. The molecule has 82 valence electrons. The first kappa shape index (κ1) is 12.9. The third kappa shape index (κ3) is 7.54. The molecule has 5 heteroatoms. The standard InChI is InChI=1S/C9H18N2O3/c1-2-3-4-8(12)11-7(10)5-6-9(13)14/h7H,2-6,10H2,1H3,(H,11,12)(H,13,14). The fourth-order valence-corrected chi connectivity index (χ4v) is 0.967. The molecular formula is C9H18N2O3. The molecule has 14 heavy (non-hydrogen) atoms. The van der Waals surface area contributed by atoms with Crippen molar-refractivity contribution in [1.29, 1.82) is 0 Å². The van der Waals surface area contributed by atoms with Crippen LogP contribution in [-0.4, -0.2) is 23.1 Å². The second-order valence-electron chi connectivity index (χ2n) is 3.21. The quantitative estimate of drug-likeness (QED) is 0.522. The van der Waals surface area contributed by atoms with Gasteiger partial charge in [-0.3, -0.25) is 9.59 Å². The lowest BCUT2D eigenvalue weighted by Gasteiger charge is -2.12. The fraction of sp³-hybridized carbons (Fsp3) is 0.778. The van der Waals surface area contributed by atoms with Crippen LogP contribution < -0.4 is 11.1 Å². The SMILES string of the molecule is CCCCC(=O)NC(N)CCC(=O)O. The fourth-order valence-electron chi connectivity index (χ4n) is 0.967. The van der Waals surface area contributed by atoms with E-state index in [1.54, 1.807) is 0 Å². The molecule has 0 bridgehead atoms. The van der Waals surface area contributed by atoms with Crippen LogP contribution in [0.4, 0.5) is 0 Å². The summed E-state index contributed by atoms with van der Waals surface area (Å²) in [4.78, 5) is 21.3. The summed E-state index contributed by atoms with van der Waals surface area (Å²) in [6.07, 6.45) is 1.95. The van der Waals surface area contributed by atoms with Crippen molar-refractivity contribution in [2.75, 3.05) is 0 Å². The Labute approximate surface area is 83.7 Å². The summed E-state index contributed by atoms with van der Waals surface area (Å²) >= 11 is 0. The number of rotatable bonds is 7. The van der Waals surface area contributed by atoms with Gasteiger partial charge >= 0.3 is 5.97 Å². The first-order valence-electron chi connectivity index (χ1n) is 4.83. The molecule has 4 N–H and O–H groups in total. The lowest BCUT2D eigenvalue weighted by molar-refractivity contribution is -0.137. The molecule has 0 heterocycles. The molecule has 0 spiro atoms. The van der Waals surface area contributed by atoms with E-state index in [0.29, 0.717) is 6.42 Å². The predicted molar refractivity (Wildman–Crippen MR) is 52.5 cm³/mol. The molecule has 0 aliphatic carbocycles. The lowest BCUT2D eigenvalue weighted by atomic mass is 10.2. The normalized spacial score (nSPS) is 12.1. The van der Waals surface area contributed by atoms with E-state index in [4.69, 9.17) is 10.8 Å². The number of hydrogen-bond acceptors (Lipinski definition) is 3. The molecule has 0 aromatic rings. The molecule has 1 atom stereocenters. The van der Waals surface area contributed by atoms with Gasteiger partial charge in [0.15, 0.2) is 0 Å². The number of carboxylic acid groups (broad SMARTS) is 1. The van der Waals surface area contributed by atoms with Crippen LogP contribution in [0.1, 0.15) is 39.0 Å².